The van der Waals surface area contributed by atoms with Crippen LogP contribution in [0.5, 0.6) is 0 Å². The molecule has 2 aromatic rings. The van der Waals surface area contributed by atoms with Crippen LogP contribution in [0.2, 0.25) is 5.02 Å². The van der Waals surface area contributed by atoms with E-state index < -0.39 is 23.6 Å². The molecule has 1 atom stereocenters. The summed E-state index contributed by atoms with van der Waals surface area (Å²) in [7, 11) is 0. The molecular formula is C21H23ClF2N2O2. The molecule has 0 saturated carbocycles. The Balaban J connectivity index is 2.29. The molecule has 0 aliphatic heterocycles. The van der Waals surface area contributed by atoms with Gasteiger partial charge in [-0.05, 0) is 31.5 Å². The summed E-state index contributed by atoms with van der Waals surface area (Å²) in [6, 6.07) is 9.32. The van der Waals surface area contributed by atoms with Gasteiger partial charge in [0.05, 0.1) is 6.42 Å². The summed E-state index contributed by atoms with van der Waals surface area (Å²) in [5.41, 5.74) is 0.319. The van der Waals surface area contributed by atoms with E-state index in [1.54, 1.807) is 25.1 Å². The van der Waals surface area contributed by atoms with E-state index >= 15 is 0 Å². The Hall–Kier alpha value is -2.47. The molecule has 0 radical (unpaired) electrons. The second kappa shape index (κ2) is 10.2. The Morgan fingerprint density at radius 2 is 1.79 bits per heavy atom. The van der Waals surface area contributed by atoms with Crippen molar-refractivity contribution >= 4 is 23.4 Å². The van der Waals surface area contributed by atoms with Crippen LogP contribution in [0.15, 0.2) is 42.5 Å². The summed E-state index contributed by atoms with van der Waals surface area (Å²) in [5, 5.41) is 2.85. The van der Waals surface area contributed by atoms with E-state index in [0.29, 0.717) is 6.54 Å². The normalized spacial score (nSPS) is 11.8. The van der Waals surface area contributed by atoms with Gasteiger partial charge in [0.2, 0.25) is 11.8 Å². The average molecular weight is 409 g/mol. The molecule has 1 N–H and O–H groups in total. The number of benzene rings is 2. The molecule has 0 aliphatic carbocycles. The lowest BCUT2D eigenvalue weighted by Gasteiger charge is -2.29. The third-order valence-electron chi connectivity index (χ3n) is 4.40. The Bertz CT molecular complexity index is 825. The monoisotopic (exact) mass is 408 g/mol. The first-order chi connectivity index (χ1) is 13.3. The van der Waals surface area contributed by atoms with Crippen LogP contribution in [0.25, 0.3) is 0 Å². The number of rotatable bonds is 8. The highest BCUT2D eigenvalue weighted by Gasteiger charge is 2.27. The molecule has 0 heterocycles. The van der Waals surface area contributed by atoms with Crippen molar-refractivity contribution in [2.45, 2.75) is 39.3 Å². The molecule has 0 bridgehead atoms. The van der Waals surface area contributed by atoms with Crippen molar-refractivity contribution in [1.29, 1.82) is 0 Å². The van der Waals surface area contributed by atoms with Gasteiger partial charge in [-0.3, -0.25) is 9.59 Å². The number of hydrogen-bond acceptors (Lipinski definition) is 2. The van der Waals surface area contributed by atoms with Gasteiger partial charge in [0.15, 0.2) is 0 Å². The second-order valence-corrected chi connectivity index (χ2v) is 6.86. The first-order valence-corrected chi connectivity index (χ1v) is 9.46. The van der Waals surface area contributed by atoms with Crippen LogP contribution < -0.4 is 5.32 Å². The predicted octanol–water partition coefficient (Wildman–Crippen LogP) is 4.10. The van der Waals surface area contributed by atoms with Gasteiger partial charge in [-0.1, -0.05) is 42.8 Å². The van der Waals surface area contributed by atoms with Gasteiger partial charge < -0.3 is 10.2 Å². The molecule has 0 saturated heterocycles. The fraction of sp³-hybridized carbons (Fsp3) is 0.333. The summed E-state index contributed by atoms with van der Waals surface area (Å²) in [6.45, 7) is 3.82. The summed E-state index contributed by atoms with van der Waals surface area (Å²) in [4.78, 5) is 26.6. The Morgan fingerprint density at radius 3 is 2.43 bits per heavy atom. The summed E-state index contributed by atoms with van der Waals surface area (Å²) in [6.07, 6.45) is 0.413. The third kappa shape index (κ3) is 5.52. The average Bonchev–Trinajstić information content (AvgIpc) is 2.67. The van der Waals surface area contributed by atoms with Gasteiger partial charge in [0.1, 0.15) is 17.7 Å². The largest absolute Gasteiger partial charge is 0.354 e. The smallest absolute Gasteiger partial charge is 0.242 e. The maximum absolute atomic E-state index is 14.1. The fourth-order valence-electron chi connectivity index (χ4n) is 2.74. The fourth-order valence-corrected chi connectivity index (χ4v) is 2.97. The number of halogens is 3. The quantitative estimate of drug-likeness (QED) is 0.714. The van der Waals surface area contributed by atoms with Gasteiger partial charge in [-0.2, -0.15) is 0 Å². The highest BCUT2D eigenvalue weighted by molar-refractivity contribution is 6.31. The zero-order valence-corrected chi connectivity index (χ0v) is 16.6. The molecular weight excluding hydrogens is 386 g/mol. The van der Waals surface area contributed by atoms with Crippen molar-refractivity contribution in [3.63, 3.8) is 0 Å². The molecule has 2 amide bonds. The van der Waals surface area contributed by atoms with Crippen LogP contribution in [0.1, 0.15) is 31.4 Å². The van der Waals surface area contributed by atoms with Crippen molar-refractivity contribution in [3.05, 3.63) is 70.2 Å². The summed E-state index contributed by atoms with van der Waals surface area (Å²) in [5.74, 6) is -1.96. The summed E-state index contributed by atoms with van der Waals surface area (Å²) >= 11 is 6.02. The molecule has 1 unspecified atom stereocenters. The topological polar surface area (TPSA) is 49.4 Å². The minimum absolute atomic E-state index is 0.0499. The summed E-state index contributed by atoms with van der Waals surface area (Å²) < 4.78 is 28.2. The predicted molar refractivity (Wildman–Crippen MR) is 105 cm³/mol. The zero-order chi connectivity index (χ0) is 20.7. The Labute approximate surface area is 168 Å². The van der Waals surface area contributed by atoms with Crippen molar-refractivity contribution in [2.24, 2.45) is 0 Å². The van der Waals surface area contributed by atoms with Crippen molar-refractivity contribution in [2.75, 3.05) is 6.54 Å². The molecule has 150 valence electrons. The van der Waals surface area contributed by atoms with Gasteiger partial charge in [-0.15, -0.1) is 0 Å². The molecule has 0 spiro atoms. The van der Waals surface area contributed by atoms with E-state index in [-0.39, 0.29) is 35.0 Å². The number of nitrogens with one attached hydrogen (secondary N) is 1. The van der Waals surface area contributed by atoms with E-state index in [4.69, 9.17) is 11.6 Å². The minimum atomic E-state index is -0.857. The molecule has 0 fully saturated rings. The molecule has 28 heavy (non-hydrogen) atoms. The van der Waals surface area contributed by atoms with Gasteiger partial charge in [0.25, 0.3) is 0 Å². The second-order valence-electron chi connectivity index (χ2n) is 6.46. The van der Waals surface area contributed by atoms with Crippen LogP contribution >= 0.6 is 11.6 Å². The van der Waals surface area contributed by atoms with Crippen molar-refractivity contribution in [3.8, 4) is 0 Å². The molecule has 7 heteroatoms. The van der Waals surface area contributed by atoms with Crippen molar-refractivity contribution in [1.82, 2.24) is 10.2 Å². The van der Waals surface area contributed by atoms with Crippen LogP contribution in [-0.4, -0.2) is 29.3 Å². The molecule has 4 nitrogen and oxygen atoms in total. The number of nitrogens with zero attached hydrogens (tertiary/aromatic N) is 1. The lowest BCUT2D eigenvalue weighted by Crippen LogP contribution is -2.48. The van der Waals surface area contributed by atoms with Crippen LogP contribution in [0.4, 0.5) is 8.78 Å². The van der Waals surface area contributed by atoms with Gasteiger partial charge in [-0.25, -0.2) is 8.78 Å². The standard InChI is InChI=1S/C21H23ClF2N2O2/c1-3-11-25-21(28)14(2)26(13-15-7-4-5-9-18(15)23)20(27)12-16-17(22)8-6-10-19(16)24/h4-10,14H,3,11-13H2,1-2H3,(H,25,28). The van der Waals surface area contributed by atoms with Crippen LogP contribution in [0, 0.1) is 11.6 Å². The van der Waals surface area contributed by atoms with Crippen LogP contribution in [0.3, 0.4) is 0 Å². The van der Waals surface area contributed by atoms with Crippen molar-refractivity contribution < 1.29 is 18.4 Å². The maximum Gasteiger partial charge on any atom is 0.242 e. The number of amides is 2. The minimum Gasteiger partial charge on any atom is -0.354 e. The van der Waals surface area contributed by atoms with Gasteiger partial charge >= 0.3 is 0 Å². The highest BCUT2D eigenvalue weighted by atomic mass is 35.5. The van der Waals surface area contributed by atoms with E-state index in [1.165, 1.54) is 29.2 Å². The van der Waals surface area contributed by atoms with Gasteiger partial charge in [0, 0.05) is 29.2 Å². The first-order valence-electron chi connectivity index (χ1n) is 9.08. The maximum atomic E-state index is 14.1. The third-order valence-corrected chi connectivity index (χ3v) is 4.76. The van der Waals surface area contributed by atoms with Crippen LogP contribution in [-0.2, 0) is 22.6 Å². The molecule has 2 aromatic carbocycles. The number of carbonyl (C=O) groups is 2. The Morgan fingerprint density at radius 1 is 1.11 bits per heavy atom. The zero-order valence-electron chi connectivity index (χ0n) is 15.8. The van der Waals surface area contributed by atoms with E-state index in [9.17, 15) is 18.4 Å². The lowest BCUT2D eigenvalue weighted by molar-refractivity contribution is -0.140. The molecule has 2 rings (SSSR count). The van der Waals surface area contributed by atoms with E-state index in [0.717, 1.165) is 6.42 Å². The first kappa shape index (κ1) is 21.8. The van der Waals surface area contributed by atoms with E-state index in [2.05, 4.69) is 5.32 Å². The highest BCUT2D eigenvalue weighted by Crippen LogP contribution is 2.22. The lowest BCUT2D eigenvalue weighted by atomic mass is 10.1. The number of carbonyl (C=O) groups excluding carboxylic acids is 2. The Kier molecular flexibility index (Phi) is 7.93. The molecule has 0 aromatic heterocycles. The van der Waals surface area contributed by atoms with E-state index in [1.807, 2.05) is 6.92 Å². The SMILES string of the molecule is CCCNC(=O)C(C)N(Cc1ccccc1F)C(=O)Cc1c(F)cccc1Cl. The number of hydrogen-bond donors (Lipinski definition) is 1. The molecule has 0 aliphatic rings.